The lowest BCUT2D eigenvalue weighted by atomic mass is 10.1. The number of benzene rings is 1. The van der Waals surface area contributed by atoms with E-state index in [1.54, 1.807) is 11.0 Å². The fraction of sp³-hybridized carbons (Fsp3) is 0.533. The molecule has 1 amide bonds. The molecular weight excluding hydrogens is 257 g/mol. The van der Waals surface area contributed by atoms with Gasteiger partial charge in [-0.1, -0.05) is 0 Å². The summed E-state index contributed by atoms with van der Waals surface area (Å²) in [5, 5.41) is 0. The first-order valence-electron chi connectivity index (χ1n) is 7.20. The number of nitrogens with two attached hydrogens (primary N) is 1. The normalized spacial score (nSPS) is 20.1. The molecule has 0 unspecified atom stereocenters. The maximum Gasteiger partial charge on any atom is 0.256 e. The van der Waals surface area contributed by atoms with Crippen LogP contribution in [0.2, 0.25) is 0 Å². The van der Waals surface area contributed by atoms with Crippen molar-refractivity contribution in [3.05, 3.63) is 29.6 Å². The van der Waals surface area contributed by atoms with Gasteiger partial charge >= 0.3 is 0 Å². The molecule has 0 aromatic heterocycles. The van der Waals surface area contributed by atoms with E-state index in [2.05, 4.69) is 4.90 Å². The molecule has 1 aromatic rings. The van der Waals surface area contributed by atoms with Crippen molar-refractivity contribution in [1.82, 2.24) is 9.80 Å². The molecule has 1 saturated heterocycles. The molecule has 0 bridgehead atoms. The summed E-state index contributed by atoms with van der Waals surface area (Å²) in [6.07, 6.45) is 2.69. The van der Waals surface area contributed by atoms with Gasteiger partial charge in [-0.2, -0.15) is 0 Å². The number of halogens is 1. The summed E-state index contributed by atoms with van der Waals surface area (Å²) >= 11 is 0. The SMILES string of the molecule is Nc1ccc(C(=O)N2CCN(CC3CC3)CC2)c(F)c1. The Labute approximate surface area is 118 Å². The van der Waals surface area contributed by atoms with E-state index >= 15 is 0 Å². The average Bonchev–Trinajstić information content (AvgIpc) is 3.23. The van der Waals surface area contributed by atoms with Gasteiger partial charge in [0.25, 0.3) is 5.91 Å². The van der Waals surface area contributed by atoms with Gasteiger partial charge in [0.1, 0.15) is 5.82 Å². The number of nitrogen functional groups attached to an aromatic ring is 1. The summed E-state index contributed by atoms with van der Waals surface area (Å²) in [6.45, 7) is 4.28. The van der Waals surface area contributed by atoms with Crippen LogP contribution in [0.4, 0.5) is 10.1 Å². The monoisotopic (exact) mass is 277 g/mol. The molecule has 2 fully saturated rings. The summed E-state index contributed by atoms with van der Waals surface area (Å²) in [6, 6.07) is 4.25. The lowest BCUT2D eigenvalue weighted by Gasteiger charge is -2.34. The van der Waals surface area contributed by atoms with Gasteiger partial charge in [-0.15, -0.1) is 0 Å². The number of anilines is 1. The van der Waals surface area contributed by atoms with Gasteiger partial charge in [-0.05, 0) is 37.0 Å². The molecule has 1 aliphatic heterocycles. The van der Waals surface area contributed by atoms with Crippen LogP contribution in [0.5, 0.6) is 0 Å². The van der Waals surface area contributed by atoms with E-state index in [0.29, 0.717) is 18.8 Å². The Morgan fingerprint density at radius 2 is 1.95 bits per heavy atom. The Balaban J connectivity index is 1.60. The van der Waals surface area contributed by atoms with Crippen LogP contribution in [0, 0.1) is 11.7 Å². The molecule has 2 aliphatic rings. The number of carbonyl (C=O) groups is 1. The van der Waals surface area contributed by atoms with Gasteiger partial charge in [0.15, 0.2) is 0 Å². The maximum absolute atomic E-state index is 13.8. The third-order valence-electron chi connectivity index (χ3n) is 4.10. The van der Waals surface area contributed by atoms with Crippen molar-refractivity contribution in [2.45, 2.75) is 12.8 Å². The number of amides is 1. The Hall–Kier alpha value is -1.62. The largest absolute Gasteiger partial charge is 0.399 e. The quantitative estimate of drug-likeness (QED) is 0.853. The molecular formula is C15H20FN3O. The fourth-order valence-corrected chi connectivity index (χ4v) is 2.67. The number of hydrogen-bond donors (Lipinski definition) is 1. The molecule has 5 heteroatoms. The number of rotatable bonds is 3. The molecule has 20 heavy (non-hydrogen) atoms. The first-order valence-corrected chi connectivity index (χ1v) is 7.20. The summed E-state index contributed by atoms with van der Waals surface area (Å²) < 4.78 is 13.8. The van der Waals surface area contributed by atoms with Gasteiger partial charge in [-0.3, -0.25) is 9.69 Å². The van der Waals surface area contributed by atoms with Crippen molar-refractivity contribution in [3.8, 4) is 0 Å². The molecule has 1 heterocycles. The van der Waals surface area contributed by atoms with Crippen molar-refractivity contribution in [1.29, 1.82) is 0 Å². The highest BCUT2D eigenvalue weighted by Crippen LogP contribution is 2.30. The van der Waals surface area contributed by atoms with Crippen LogP contribution in [-0.2, 0) is 0 Å². The highest BCUT2D eigenvalue weighted by Gasteiger charge is 2.28. The minimum Gasteiger partial charge on any atom is -0.399 e. The summed E-state index contributed by atoms with van der Waals surface area (Å²) in [4.78, 5) is 16.4. The lowest BCUT2D eigenvalue weighted by Crippen LogP contribution is -2.49. The first-order chi connectivity index (χ1) is 9.63. The van der Waals surface area contributed by atoms with Gasteiger partial charge in [0, 0.05) is 38.4 Å². The van der Waals surface area contributed by atoms with Gasteiger partial charge in [0.05, 0.1) is 5.56 Å². The van der Waals surface area contributed by atoms with Crippen molar-refractivity contribution in [2.24, 2.45) is 5.92 Å². The maximum atomic E-state index is 13.8. The van der Waals surface area contributed by atoms with Crippen molar-refractivity contribution in [2.75, 3.05) is 38.5 Å². The van der Waals surface area contributed by atoms with Crippen LogP contribution in [0.25, 0.3) is 0 Å². The highest BCUT2D eigenvalue weighted by molar-refractivity contribution is 5.94. The molecule has 0 radical (unpaired) electrons. The van der Waals surface area contributed by atoms with Gasteiger partial charge < -0.3 is 10.6 Å². The van der Waals surface area contributed by atoms with E-state index in [1.165, 1.54) is 25.0 Å². The number of nitrogens with zero attached hydrogens (tertiary/aromatic N) is 2. The molecule has 0 spiro atoms. The van der Waals surface area contributed by atoms with Crippen LogP contribution in [0.3, 0.4) is 0 Å². The Morgan fingerprint density at radius 3 is 2.55 bits per heavy atom. The van der Waals surface area contributed by atoms with Crippen LogP contribution in [-0.4, -0.2) is 48.4 Å². The van der Waals surface area contributed by atoms with E-state index in [-0.39, 0.29) is 11.5 Å². The van der Waals surface area contributed by atoms with Gasteiger partial charge in [0.2, 0.25) is 0 Å². The van der Waals surface area contributed by atoms with E-state index < -0.39 is 5.82 Å². The number of piperazine rings is 1. The van der Waals surface area contributed by atoms with E-state index in [9.17, 15) is 9.18 Å². The average molecular weight is 277 g/mol. The minimum atomic E-state index is -0.532. The summed E-state index contributed by atoms with van der Waals surface area (Å²) in [7, 11) is 0. The smallest absolute Gasteiger partial charge is 0.256 e. The van der Waals surface area contributed by atoms with E-state index in [1.807, 2.05) is 0 Å². The van der Waals surface area contributed by atoms with Crippen LogP contribution in [0.1, 0.15) is 23.2 Å². The second kappa shape index (κ2) is 5.40. The Bertz CT molecular complexity index is 508. The van der Waals surface area contributed by atoms with Crippen LogP contribution in [0.15, 0.2) is 18.2 Å². The van der Waals surface area contributed by atoms with Crippen LogP contribution >= 0.6 is 0 Å². The van der Waals surface area contributed by atoms with Gasteiger partial charge in [-0.25, -0.2) is 4.39 Å². The van der Waals surface area contributed by atoms with E-state index in [0.717, 1.165) is 25.6 Å². The zero-order chi connectivity index (χ0) is 14.1. The summed E-state index contributed by atoms with van der Waals surface area (Å²) in [5.74, 6) is 0.107. The lowest BCUT2D eigenvalue weighted by molar-refractivity contribution is 0.0627. The Kier molecular flexibility index (Phi) is 3.61. The molecule has 1 saturated carbocycles. The van der Waals surface area contributed by atoms with Crippen molar-refractivity contribution in [3.63, 3.8) is 0 Å². The second-order valence-corrected chi connectivity index (χ2v) is 5.78. The standard InChI is InChI=1S/C15H20FN3O/c16-14-9-12(17)3-4-13(14)15(20)19-7-5-18(6-8-19)10-11-1-2-11/h3-4,9,11H,1-2,5-8,10,17H2. The molecule has 1 aliphatic carbocycles. The Morgan fingerprint density at radius 1 is 1.25 bits per heavy atom. The summed E-state index contributed by atoms with van der Waals surface area (Å²) in [5.41, 5.74) is 5.97. The topological polar surface area (TPSA) is 49.6 Å². The number of hydrogen-bond acceptors (Lipinski definition) is 3. The predicted octanol–water partition coefficient (Wildman–Crippen LogP) is 1.58. The zero-order valence-electron chi connectivity index (χ0n) is 11.5. The predicted molar refractivity (Wildman–Crippen MR) is 75.9 cm³/mol. The van der Waals surface area contributed by atoms with Crippen molar-refractivity contribution < 1.29 is 9.18 Å². The van der Waals surface area contributed by atoms with E-state index in [4.69, 9.17) is 5.73 Å². The third-order valence-corrected chi connectivity index (χ3v) is 4.10. The molecule has 108 valence electrons. The number of carbonyl (C=O) groups excluding carboxylic acids is 1. The second-order valence-electron chi connectivity index (χ2n) is 5.78. The highest BCUT2D eigenvalue weighted by atomic mass is 19.1. The molecule has 1 aromatic carbocycles. The molecule has 4 nitrogen and oxygen atoms in total. The van der Waals surface area contributed by atoms with Crippen molar-refractivity contribution >= 4 is 11.6 Å². The minimum absolute atomic E-state index is 0.120. The first kappa shape index (κ1) is 13.4. The fourth-order valence-electron chi connectivity index (χ4n) is 2.67. The molecule has 2 N–H and O–H groups in total. The molecule has 3 rings (SSSR count). The molecule has 0 atom stereocenters. The third kappa shape index (κ3) is 2.93. The zero-order valence-corrected chi connectivity index (χ0v) is 11.5. The van der Waals surface area contributed by atoms with Crippen LogP contribution < -0.4 is 5.73 Å².